The monoisotopic (exact) mass is 222 g/mol. The number of nitrogens with two attached hydrogens (primary N) is 1. The number of ether oxygens (including phenoxy) is 1. The number of nitrogens with one attached hydrogen (secondary N) is 1. The van der Waals surface area contributed by atoms with E-state index in [1.54, 1.807) is 7.11 Å². The molecule has 4 nitrogen and oxygen atoms in total. The maximum absolute atomic E-state index is 11.5. The number of carbonyl (C=O) groups excluding carboxylic acids is 1. The Bertz CT molecular complexity index is 351. The summed E-state index contributed by atoms with van der Waals surface area (Å²) in [5, 5.41) is 2.76. The normalized spacial score (nSPS) is 11.9. The molecule has 4 heteroatoms. The Morgan fingerprint density at radius 2 is 2.31 bits per heavy atom. The standard InChI is InChI=1S/C12H18N2O2/c1-9(13)8-14-12(15)7-10-4-3-5-11(6-10)16-2/h3-6,9H,7-8,13H2,1-2H3,(H,14,15). The topological polar surface area (TPSA) is 64.3 Å². The van der Waals surface area contributed by atoms with Gasteiger partial charge in [-0.15, -0.1) is 0 Å². The molecule has 0 saturated carbocycles. The quantitative estimate of drug-likeness (QED) is 0.771. The number of amides is 1. The average Bonchev–Trinajstić information content (AvgIpc) is 2.26. The molecule has 0 heterocycles. The van der Waals surface area contributed by atoms with Crippen LogP contribution in [0.1, 0.15) is 12.5 Å². The van der Waals surface area contributed by atoms with Crippen LogP contribution in [0.15, 0.2) is 24.3 Å². The minimum atomic E-state index is -0.0226. The number of hydrogen-bond donors (Lipinski definition) is 2. The zero-order chi connectivity index (χ0) is 12.0. The zero-order valence-electron chi connectivity index (χ0n) is 9.69. The number of hydrogen-bond acceptors (Lipinski definition) is 3. The van der Waals surface area contributed by atoms with Crippen molar-refractivity contribution in [1.29, 1.82) is 0 Å². The summed E-state index contributed by atoms with van der Waals surface area (Å²) in [7, 11) is 1.61. The first-order valence-corrected chi connectivity index (χ1v) is 5.27. The van der Waals surface area contributed by atoms with Crippen molar-refractivity contribution in [1.82, 2.24) is 5.32 Å². The van der Waals surface area contributed by atoms with Crippen molar-refractivity contribution in [2.45, 2.75) is 19.4 Å². The molecule has 0 spiro atoms. The first-order chi connectivity index (χ1) is 7.61. The number of methoxy groups -OCH3 is 1. The molecule has 0 saturated heterocycles. The van der Waals surface area contributed by atoms with Crippen LogP contribution in [-0.2, 0) is 11.2 Å². The molecule has 1 rings (SSSR count). The van der Waals surface area contributed by atoms with Gasteiger partial charge in [0.15, 0.2) is 0 Å². The van der Waals surface area contributed by atoms with E-state index in [-0.39, 0.29) is 11.9 Å². The number of rotatable bonds is 5. The van der Waals surface area contributed by atoms with Crippen molar-refractivity contribution in [2.75, 3.05) is 13.7 Å². The summed E-state index contributed by atoms with van der Waals surface area (Å²) >= 11 is 0. The molecule has 0 aromatic heterocycles. The molecule has 0 fully saturated rings. The molecular weight excluding hydrogens is 204 g/mol. The van der Waals surface area contributed by atoms with Crippen LogP contribution in [0.3, 0.4) is 0 Å². The summed E-state index contributed by atoms with van der Waals surface area (Å²) in [5.74, 6) is 0.739. The second-order valence-corrected chi connectivity index (χ2v) is 3.81. The van der Waals surface area contributed by atoms with Gasteiger partial charge in [0.1, 0.15) is 5.75 Å². The van der Waals surface area contributed by atoms with E-state index in [9.17, 15) is 4.79 Å². The summed E-state index contributed by atoms with van der Waals surface area (Å²) in [6, 6.07) is 7.45. The van der Waals surface area contributed by atoms with Gasteiger partial charge in [-0.25, -0.2) is 0 Å². The molecule has 0 aliphatic carbocycles. The lowest BCUT2D eigenvalue weighted by atomic mass is 10.1. The smallest absolute Gasteiger partial charge is 0.224 e. The Morgan fingerprint density at radius 3 is 2.94 bits per heavy atom. The van der Waals surface area contributed by atoms with Gasteiger partial charge >= 0.3 is 0 Å². The van der Waals surface area contributed by atoms with Gasteiger partial charge in [-0.1, -0.05) is 12.1 Å². The van der Waals surface area contributed by atoms with Crippen LogP contribution in [-0.4, -0.2) is 25.6 Å². The van der Waals surface area contributed by atoms with Gasteiger partial charge in [-0.05, 0) is 24.6 Å². The zero-order valence-corrected chi connectivity index (χ0v) is 9.69. The van der Waals surface area contributed by atoms with Crippen LogP contribution in [0.5, 0.6) is 5.75 Å². The molecule has 88 valence electrons. The molecule has 0 aliphatic heterocycles. The number of benzene rings is 1. The Morgan fingerprint density at radius 1 is 1.56 bits per heavy atom. The lowest BCUT2D eigenvalue weighted by molar-refractivity contribution is -0.120. The highest BCUT2D eigenvalue weighted by atomic mass is 16.5. The van der Waals surface area contributed by atoms with E-state index < -0.39 is 0 Å². The third-order valence-corrected chi connectivity index (χ3v) is 2.12. The minimum Gasteiger partial charge on any atom is -0.497 e. The van der Waals surface area contributed by atoms with Gasteiger partial charge in [0.2, 0.25) is 5.91 Å². The second kappa shape index (κ2) is 6.12. The van der Waals surface area contributed by atoms with E-state index in [1.165, 1.54) is 0 Å². The molecule has 1 unspecified atom stereocenters. The van der Waals surface area contributed by atoms with Gasteiger partial charge in [-0.2, -0.15) is 0 Å². The third kappa shape index (κ3) is 4.31. The molecule has 16 heavy (non-hydrogen) atoms. The molecule has 1 atom stereocenters. The Kier molecular flexibility index (Phi) is 4.79. The molecule has 1 aromatic carbocycles. The van der Waals surface area contributed by atoms with Gasteiger partial charge in [0, 0.05) is 12.6 Å². The van der Waals surface area contributed by atoms with E-state index in [2.05, 4.69) is 5.32 Å². The van der Waals surface area contributed by atoms with Gasteiger partial charge in [0.25, 0.3) is 0 Å². The van der Waals surface area contributed by atoms with Crippen LogP contribution in [0.4, 0.5) is 0 Å². The Hall–Kier alpha value is -1.55. The first kappa shape index (κ1) is 12.5. The fraction of sp³-hybridized carbons (Fsp3) is 0.417. The van der Waals surface area contributed by atoms with Crippen molar-refractivity contribution < 1.29 is 9.53 Å². The lowest BCUT2D eigenvalue weighted by Crippen LogP contribution is -2.35. The van der Waals surface area contributed by atoms with Crippen molar-refractivity contribution >= 4 is 5.91 Å². The summed E-state index contributed by atoms with van der Waals surface area (Å²) < 4.78 is 5.08. The van der Waals surface area contributed by atoms with Crippen molar-refractivity contribution in [3.05, 3.63) is 29.8 Å². The highest BCUT2D eigenvalue weighted by Gasteiger charge is 2.04. The average molecular weight is 222 g/mol. The van der Waals surface area contributed by atoms with Crippen LogP contribution < -0.4 is 15.8 Å². The lowest BCUT2D eigenvalue weighted by Gasteiger charge is -2.08. The highest BCUT2D eigenvalue weighted by Crippen LogP contribution is 2.12. The Labute approximate surface area is 95.8 Å². The second-order valence-electron chi connectivity index (χ2n) is 3.81. The predicted octanol–water partition coefficient (Wildman–Crippen LogP) is 0.701. The van der Waals surface area contributed by atoms with Crippen molar-refractivity contribution in [2.24, 2.45) is 5.73 Å². The summed E-state index contributed by atoms with van der Waals surface area (Å²) in [5.41, 5.74) is 6.48. The van der Waals surface area contributed by atoms with E-state index >= 15 is 0 Å². The molecule has 1 amide bonds. The van der Waals surface area contributed by atoms with E-state index in [1.807, 2.05) is 31.2 Å². The van der Waals surface area contributed by atoms with Crippen molar-refractivity contribution in [3.63, 3.8) is 0 Å². The van der Waals surface area contributed by atoms with Crippen LogP contribution >= 0.6 is 0 Å². The summed E-state index contributed by atoms with van der Waals surface area (Å²) in [4.78, 5) is 11.5. The van der Waals surface area contributed by atoms with Crippen LogP contribution in [0.2, 0.25) is 0 Å². The Balaban J connectivity index is 2.49. The van der Waals surface area contributed by atoms with Gasteiger partial charge in [0.05, 0.1) is 13.5 Å². The fourth-order valence-corrected chi connectivity index (χ4v) is 1.31. The maximum Gasteiger partial charge on any atom is 0.224 e. The molecule has 3 N–H and O–H groups in total. The predicted molar refractivity (Wildman–Crippen MR) is 63.4 cm³/mol. The fourth-order valence-electron chi connectivity index (χ4n) is 1.31. The molecule has 0 radical (unpaired) electrons. The van der Waals surface area contributed by atoms with E-state index in [0.29, 0.717) is 13.0 Å². The third-order valence-electron chi connectivity index (χ3n) is 2.12. The van der Waals surface area contributed by atoms with E-state index in [0.717, 1.165) is 11.3 Å². The highest BCUT2D eigenvalue weighted by molar-refractivity contribution is 5.78. The van der Waals surface area contributed by atoms with Gasteiger partial charge < -0.3 is 15.8 Å². The molecule has 1 aromatic rings. The van der Waals surface area contributed by atoms with Crippen LogP contribution in [0, 0.1) is 0 Å². The molecular formula is C12H18N2O2. The number of carbonyl (C=O) groups is 1. The molecule has 0 aliphatic rings. The molecule has 0 bridgehead atoms. The maximum atomic E-state index is 11.5. The summed E-state index contributed by atoms with van der Waals surface area (Å²) in [6.07, 6.45) is 0.351. The van der Waals surface area contributed by atoms with Crippen molar-refractivity contribution in [3.8, 4) is 5.75 Å². The first-order valence-electron chi connectivity index (χ1n) is 5.27. The minimum absolute atomic E-state index is 0.0192. The summed E-state index contributed by atoms with van der Waals surface area (Å²) in [6.45, 7) is 2.36. The SMILES string of the molecule is COc1cccc(CC(=O)NCC(C)N)c1. The van der Waals surface area contributed by atoms with Crippen LogP contribution in [0.25, 0.3) is 0 Å². The van der Waals surface area contributed by atoms with Gasteiger partial charge in [-0.3, -0.25) is 4.79 Å². The largest absolute Gasteiger partial charge is 0.497 e. The van der Waals surface area contributed by atoms with E-state index in [4.69, 9.17) is 10.5 Å².